The molecule has 0 aliphatic heterocycles. The van der Waals surface area contributed by atoms with Crippen LogP contribution in [0.4, 0.5) is 0 Å². The number of carboxylic acid groups (broad SMARTS) is 2. The first-order chi connectivity index (χ1) is 10.3. The standard InChI is InChI=1S/2C6H7N.2C2H4O2.Cu/c2*1-6-2-4-7-5-3-6;2*1-2(3)4;/h2*2-5H,1H3;2*1H3,(H,3,4);/q;;;;+2/p-2. The number of aromatic nitrogens is 2. The van der Waals surface area contributed by atoms with Gasteiger partial charge >= 0.3 is 17.1 Å². The van der Waals surface area contributed by atoms with Crippen LogP contribution in [0.15, 0.2) is 49.1 Å². The van der Waals surface area contributed by atoms with Gasteiger partial charge in [-0.05, 0) is 63.1 Å². The molecule has 0 amide bonds. The Hall–Kier alpha value is -2.24. The van der Waals surface area contributed by atoms with Gasteiger partial charge in [-0.1, -0.05) is 0 Å². The van der Waals surface area contributed by atoms with Crippen molar-refractivity contribution in [3.8, 4) is 0 Å². The number of hydrogen-bond donors (Lipinski definition) is 0. The monoisotopic (exact) mass is 367 g/mol. The van der Waals surface area contributed by atoms with Crippen molar-refractivity contribution in [1.82, 2.24) is 9.97 Å². The van der Waals surface area contributed by atoms with Crippen molar-refractivity contribution < 1.29 is 36.9 Å². The first kappa shape index (κ1) is 25.7. The Kier molecular flexibility index (Phi) is 19.9. The first-order valence-corrected chi connectivity index (χ1v) is 6.34. The second-order valence-corrected chi connectivity index (χ2v) is 4.03. The molecule has 0 aliphatic rings. The quantitative estimate of drug-likeness (QED) is 0.619. The molecule has 2 aromatic rings. The van der Waals surface area contributed by atoms with Gasteiger partial charge in [0.15, 0.2) is 0 Å². The minimum Gasteiger partial charge on any atom is -0.550 e. The number of pyridine rings is 2. The molecule has 0 spiro atoms. The van der Waals surface area contributed by atoms with Crippen LogP contribution in [0.1, 0.15) is 25.0 Å². The van der Waals surface area contributed by atoms with E-state index in [1.165, 1.54) is 11.1 Å². The van der Waals surface area contributed by atoms with Crippen LogP contribution in [-0.4, -0.2) is 21.9 Å². The molecule has 23 heavy (non-hydrogen) atoms. The number of nitrogens with zero attached hydrogens (tertiary/aromatic N) is 2. The molecule has 0 saturated carbocycles. The normalized spacial score (nSPS) is 7.48. The zero-order valence-corrected chi connectivity index (χ0v) is 14.4. The van der Waals surface area contributed by atoms with Crippen LogP contribution < -0.4 is 10.2 Å². The number of carboxylic acids is 2. The van der Waals surface area contributed by atoms with Crippen LogP contribution in [0.5, 0.6) is 0 Å². The van der Waals surface area contributed by atoms with E-state index in [1.54, 1.807) is 24.8 Å². The Bertz CT molecular complexity index is 465. The van der Waals surface area contributed by atoms with Crippen LogP contribution in [-0.2, 0) is 26.7 Å². The van der Waals surface area contributed by atoms with Crippen molar-refractivity contribution in [2.75, 3.05) is 0 Å². The van der Waals surface area contributed by atoms with Crippen molar-refractivity contribution in [2.45, 2.75) is 27.7 Å². The molecule has 0 bridgehead atoms. The van der Waals surface area contributed by atoms with E-state index in [1.807, 2.05) is 38.1 Å². The molecule has 0 aromatic carbocycles. The Balaban J connectivity index is -0.000000238. The molecule has 1 radical (unpaired) electrons. The van der Waals surface area contributed by atoms with Crippen LogP contribution in [0.25, 0.3) is 0 Å². The van der Waals surface area contributed by atoms with Crippen LogP contribution in [0, 0.1) is 13.8 Å². The van der Waals surface area contributed by atoms with Crippen LogP contribution >= 0.6 is 0 Å². The summed E-state index contributed by atoms with van der Waals surface area (Å²) in [7, 11) is 0. The van der Waals surface area contributed by atoms with Gasteiger partial charge < -0.3 is 19.8 Å². The minimum absolute atomic E-state index is 0. The molecule has 2 aromatic heterocycles. The summed E-state index contributed by atoms with van der Waals surface area (Å²) in [6.45, 7) is 6.03. The number of carbonyl (C=O) groups excluding carboxylic acids is 2. The predicted octanol–water partition coefficient (Wildman–Crippen LogP) is 0.290. The maximum absolute atomic E-state index is 8.89. The average molecular weight is 368 g/mol. The fourth-order valence-corrected chi connectivity index (χ4v) is 0.853. The van der Waals surface area contributed by atoms with Gasteiger partial charge in [0.2, 0.25) is 0 Å². The van der Waals surface area contributed by atoms with Crippen LogP contribution in [0.3, 0.4) is 0 Å². The average Bonchev–Trinajstić information content (AvgIpc) is 2.40. The zero-order valence-electron chi connectivity index (χ0n) is 13.4. The summed E-state index contributed by atoms with van der Waals surface area (Å²) < 4.78 is 0. The van der Waals surface area contributed by atoms with Gasteiger partial charge in [0.05, 0.1) is 0 Å². The van der Waals surface area contributed by atoms with Gasteiger partial charge in [0.25, 0.3) is 0 Å². The summed E-state index contributed by atoms with van der Waals surface area (Å²) in [6.07, 6.45) is 7.15. The zero-order chi connectivity index (χ0) is 17.4. The third kappa shape index (κ3) is 32.9. The van der Waals surface area contributed by atoms with E-state index in [4.69, 9.17) is 19.8 Å². The molecule has 6 nitrogen and oxygen atoms in total. The van der Waals surface area contributed by atoms with E-state index >= 15 is 0 Å². The first-order valence-electron chi connectivity index (χ1n) is 6.34. The van der Waals surface area contributed by atoms with Crippen molar-refractivity contribution in [2.24, 2.45) is 0 Å². The largest absolute Gasteiger partial charge is 2.00 e. The van der Waals surface area contributed by atoms with E-state index in [0.717, 1.165) is 13.8 Å². The fraction of sp³-hybridized carbons (Fsp3) is 0.250. The number of aliphatic carboxylic acids is 2. The maximum Gasteiger partial charge on any atom is 2.00 e. The van der Waals surface area contributed by atoms with Crippen molar-refractivity contribution >= 4 is 11.9 Å². The maximum atomic E-state index is 8.89. The topological polar surface area (TPSA) is 106 Å². The number of hydrogen-bond acceptors (Lipinski definition) is 6. The molecule has 0 aliphatic carbocycles. The SMILES string of the molecule is CC(=O)[O-].CC(=O)[O-].Cc1ccncc1.Cc1ccncc1.[Cu+2]. The molecular weight excluding hydrogens is 348 g/mol. The summed E-state index contributed by atoms with van der Waals surface area (Å²) in [4.78, 5) is 25.5. The summed E-state index contributed by atoms with van der Waals surface area (Å²) in [5.41, 5.74) is 2.52. The second-order valence-electron chi connectivity index (χ2n) is 4.03. The predicted molar refractivity (Wildman–Crippen MR) is 79.3 cm³/mol. The Morgan fingerprint density at radius 3 is 1.00 bits per heavy atom. The fourth-order valence-electron chi connectivity index (χ4n) is 0.853. The van der Waals surface area contributed by atoms with E-state index < -0.39 is 11.9 Å². The molecule has 129 valence electrons. The molecular formula is C16H20CuN2O4. The number of aryl methyl sites for hydroxylation is 2. The molecule has 0 saturated heterocycles. The summed E-state index contributed by atoms with van der Waals surface area (Å²) in [6, 6.07) is 7.89. The van der Waals surface area contributed by atoms with Crippen molar-refractivity contribution in [3.63, 3.8) is 0 Å². The Morgan fingerprint density at radius 2 is 0.913 bits per heavy atom. The Morgan fingerprint density at radius 1 is 0.739 bits per heavy atom. The van der Waals surface area contributed by atoms with Crippen molar-refractivity contribution in [1.29, 1.82) is 0 Å². The number of carbonyl (C=O) groups is 2. The molecule has 0 atom stereocenters. The third-order valence-corrected chi connectivity index (χ3v) is 1.69. The smallest absolute Gasteiger partial charge is 0.550 e. The van der Waals surface area contributed by atoms with Gasteiger partial charge in [-0.15, -0.1) is 0 Å². The molecule has 7 heteroatoms. The van der Waals surface area contributed by atoms with E-state index in [-0.39, 0.29) is 17.1 Å². The van der Waals surface area contributed by atoms with E-state index in [2.05, 4.69) is 9.97 Å². The number of rotatable bonds is 0. The van der Waals surface area contributed by atoms with Gasteiger partial charge in [0, 0.05) is 36.7 Å². The Labute approximate surface area is 147 Å². The molecule has 0 N–H and O–H groups in total. The second kappa shape index (κ2) is 17.8. The van der Waals surface area contributed by atoms with Gasteiger partial charge in [0.1, 0.15) is 0 Å². The van der Waals surface area contributed by atoms with Crippen molar-refractivity contribution in [3.05, 3.63) is 60.2 Å². The molecule has 0 fully saturated rings. The van der Waals surface area contributed by atoms with E-state index in [0.29, 0.717) is 0 Å². The summed E-state index contributed by atoms with van der Waals surface area (Å²) in [5, 5.41) is 17.8. The molecule has 0 unspecified atom stereocenters. The van der Waals surface area contributed by atoms with Gasteiger partial charge in [-0.25, -0.2) is 0 Å². The molecule has 2 rings (SSSR count). The van der Waals surface area contributed by atoms with Gasteiger partial charge in [-0.2, -0.15) is 0 Å². The minimum atomic E-state index is -1.08. The van der Waals surface area contributed by atoms with E-state index in [9.17, 15) is 0 Å². The summed E-state index contributed by atoms with van der Waals surface area (Å²) in [5.74, 6) is -2.17. The van der Waals surface area contributed by atoms with Gasteiger partial charge in [-0.3, -0.25) is 9.97 Å². The summed E-state index contributed by atoms with van der Waals surface area (Å²) >= 11 is 0. The molecule has 2 heterocycles. The van der Waals surface area contributed by atoms with Crippen LogP contribution in [0.2, 0.25) is 0 Å². The third-order valence-electron chi connectivity index (χ3n) is 1.69.